The number of rotatable bonds is 2. The number of H-pyrrole nitrogens is 1. The third kappa shape index (κ3) is 2.01. The van der Waals surface area contributed by atoms with Crippen molar-refractivity contribution in [3.05, 3.63) is 59.1 Å². The van der Waals surface area contributed by atoms with Crippen molar-refractivity contribution in [1.29, 1.82) is 0 Å². The number of nitrogens with one attached hydrogen (secondary N) is 1. The van der Waals surface area contributed by atoms with E-state index in [-0.39, 0.29) is 11.4 Å². The van der Waals surface area contributed by atoms with E-state index in [1.165, 1.54) is 12.4 Å². The molecule has 0 spiro atoms. The molecule has 2 aromatic carbocycles. The Morgan fingerprint density at radius 1 is 1.11 bits per heavy atom. The van der Waals surface area contributed by atoms with Crippen LogP contribution in [-0.4, -0.2) is 9.97 Å². The Morgan fingerprint density at radius 2 is 1.89 bits per heavy atom. The number of aromatic nitrogens is 2. The highest BCUT2D eigenvalue weighted by Crippen LogP contribution is 2.31. The summed E-state index contributed by atoms with van der Waals surface area (Å²) in [7, 11) is 0. The highest BCUT2D eigenvalue weighted by molar-refractivity contribution is 5.97. The van der Waals surface area contributed by atoms with Crippen LogP contribution in [-0.2, 0) is 0 Å². The molecule has 0 unspecified atom stereocenters. The number of ether oxygens (including phenoxy) is 1. The van der Waals surface area contributed by atoms with Crippen molar-refractivity contribution in [2.45, 2.75) is 0 Å². The molecule has 0 fully saturated rings. The Labute approximate surface area is 108 Å². The van der Waals surface area contributed by atoms with E-state index in [4.69, 9.17) is 10.5 Å². The van der Waals surface area contributed by atoms with Crippen molar-refractivity contribution in [2.75, 3.05) is 5.73 Å². The van der Waals surface area contributed by atoms with Crippen LogP contribution in [0.4, 0.5) is 5.69 Å². The minimum absolute atomic E-state index is 0.0115. The lowest BCUT2D eigenvalue weighted by atomic mass is 10.1. The first-order chi connectivity index (χ1) is 9.25. The third-order valence-electron chi connectivity index (χ3n) is 2.80. The van der Waals surface area contributed by atoms with Gasteiger partial charge in [-0.2, -0.15) is 0 Å². The fraction of sp³-hybridized carbons (Fsp3) is 0. The number of aromatic amines is 1. The van der Waals surface area contributed by atoms with Crippen LogP contribution in [0, 0.1) is 0 Å². The Bertz CT molecular complexity index is 796. The van der Waals surface area contributed by atoms with Gasteiger partial charge < -0.3 is 15.5 Å². The molecule has 5 nitrogen and oxygen atoms in total. The molecular formula is C14H11N3O2. The van der Waals surface area contributed by atoms with Crippen molar-refractivity contribution in [1.82, 2.24) is 9.97 Å². The molecule has 0 saturated heterocycles. The summed E-state index contributed by atoms with van der Waals surface area (Å²) >= 11 is 0. The van der Waals surface area contributed by atoms with E-state index in [0.29, 0.717) is 11.4 Å². The molecule has 0 aliphatic rings. The predicted octanol–water partition coefficient (Wildman–Crippen LogP) is 2.30. The molecule has 3 rings (SSSR count). The number of nitrogens with two attached hydrogens (primary N) is 1. The zero-order chi connectivity index (χ0) is 13.2. The number of hydrogen-bond acceptors (Lipinski definition) is 4. The minimum atomic E-state index is -0.372. The zero-order valence-electron chi connectivity index (χ0n) is 9.96. The maximum Gasteiger partial charge on any atom is 0.311 e. The summed E-state index contributed by atoms with van der Waals surface area (Å²) in [6, 6.07) is 11.0. The van der Waals surface area contributed by atoms with Gasteiger partial charge in [0, 0.05) is 28.9 Å². The van der Waals surface area contributed by atoms with Gasteiger partial charge in [-0.1, -0.05) is 24.3 Å². The van der Waals surface area contributed by atoms with Gasteiger partial charge in [0.1, 0.15) is 5.75 Å². The topological polar surface area (TPSA) is 81.0 Å². The van der Waals surface area contributed by atoms with Crippen LogP contribution in [0.5, 0.6) is 11.6 Å². The number of anilines is 1. The first-order valence-electron chi connectivity index (χ1n) is 5.74. The van der Waals surface area contributed by atoms with E-state index in [9.17, 15) is 4.79 Å². The van der Waals surface area contributed by atoms with Crippen LogP contribution in [0.3, 0.4) is 0 Å². The van der Waals surface area contributed by atoms with Crippen molar-refractivity contribution in [3.63, 3.8) is 0 Å². The largest absolute Gasteiger partial charge is 0.434 e. The van der Waals surface area contributed by atoms with Gasteiger partial charge in [-0.25, -0.2) is 4.98 Å². The number of hydrogen-bond donors (Lipinski definition) is 2. The predicted molar refractivity (Wildman–Crippen MR) is 73.3 cm³/mol. The molecule has 19 heavy (non-hydrogen) atoms. The summed E-state index contributed by atoms with van der Waals surface area (Å²) < 4.78 is 5.57. The second-order valence-corrected chi connectivity index (χ2v) is 4.02. The number of fused-ring (bicyclic) bond motifs is 1. The molecule has 94 valence electrons. The van der Waals surface area contributed by atoms with E-state index in [0.717, 1.165) is 10.8 Å². The Balaban J connectivity index is 2.14. The normalized spacial score (nSPS) is 10.5. The van der Waals surface area contributed by atoms with Crippen LogP contribution >= 0.6 is 0 Å². The molecule has 5 heteroatoms. The maximum atomic E-state index is 11.6. The Hall–Kier alpha value is -2.82. The third-order valence-corrected chi connectivity index (χ3v) is 2.80. The zero-order valence-corrected chi connectivity index (χ0v) is 9.96. The monoisotopic (exact) mass is 253 g/mol. The van der Waals surface area contributed by atoms with Gasteiger partial charge in [0.05, 0.1) is 0 Å². The molecular weight excluding hydrogens is 242 g/mol. The lowest BCUT2D eigenvalue weighted by molar-refractivity contribution is 0.459. The van der Waals surface area contributed by atoms with E-state index >= 15 is 0 Å². The average Bonchev–Trinajstić information content (AvgIpc) is 2.44. The molecule has 0 saturated carbocycles. The van der Waals surface area contributed by atoms with Crippen LogP contribution < -0.4 is 16.0 Å². The summed E-state index contributed by atoms with van der Waals surface area (Å²) in [6.07, 6.45) is 2.92. The molecule has 1 heterocycles. The first-order valence-corrected chi connectivity index (χ1v) is 5.74. The van der Waals surface area contributed by atoms with Gasteiger partial charge in [0.15, 0.2) is 0 Å². The van der Waals surface area contributed by atoms with Crippen LogP contribution in [0.2, 0.25) is 0 Å². The SMILES string of the molecule is Nc1ccc(Oc2ncc[nH]c2=O)c2ccccc12. The average molecular weight is 253 g/mol. The molecule has 0 radical (unpaired) electrons. The summed E-state index contributed by atoms with van der Waals surface area (Å²) in [5.74, 6) is 0.562. The number of nitrogen functional groups attached to an aromatic ring is 1. The molecule has 3 aromatic rings. The second-order valence-electron chi connectivity index (χ2n) is 4.02. The summed E-state index contributed by atoms with van der Waals surface area (Å²) in [5.41, 5.74) is 6.20. The first kappa shape index (κ1) is 11.3. The van der Waals surface area contributed by atoms with E-state index in [2.05, 4.69) is 9.97 Å². The molecule has 1 aromatic heterocycles. The highest BCUT2D eigenvalue weighted by atomic mass is 16.5. The quantitative estimate of drug-likeness (QED) is 0.686. The van der Waals surface area contributed by atoms with E-state index in [1.807, 2.05) is 24.3 Å². The van der Waals surface area contributed by atoms with Crippen LogP contribution in [0.1, 0.15) is 0 Å². The van der Waals surface area contributed by atoms with Gasteiger partial charge in [-0.3, -0.25) is 4.79 Å². The fourth-order valence-electron chi connectivity index (χ4n) is 1.90. The summed E-state index contributed by atoms with van der Waals surface area (Å²) in [4.78, 5) is 18.0. The lowest BCUT2D eigenvalue weighted by Gasteiger charge is -2.08. The van der Waals surface area contributed by atoms with Crippen LogP contribution in [0.25, 0.3) is 10.8 Å². The van der Waals surface area contributed by atoms with Gasteiger partial charge in [0.2, 0.25) is 0 Å². The van der Waals surface area contributed by atoms with Gasteiger partial charge in [-0.15, -0.1) is 0 Å². The fourth-order valence-corrected chi connectivity index (χ4v) is 1.90. The molecule has 0 aliphatic heterocycles. The van der Waals surface area contributed by atoms with Gasteiger partial charge in [-0.05, 0) is 12.1 Å². The Kier molecular flexibility index (Phi) is 2.64. The van der Waals surface area contributed by atoms with Gasteiger partial charge >= 0.3 is 5.56 Å². The van der Waals surface area contributed by atoms with Gasteiger partial charge in [0.25, 0.3) is 5.88 Å². The van der Waals surface area contributed by atoms with Crippen molar-refractivity contribution in [2.24, 2.45) is 0 Å². The van der Waals surface area contributed by atoms with E-state index < -0.39 is 0 Å². The molecule has 0 bridgehead atoms. The smallest absolute Gasteiger partial charge is 0.311 e. The summed E-state index contributed by atoms with van der Waals surface area (Å²) in [5, 5.41) is 1.72. The van der Waals surface area contributed by atoms with Crippen molar-refractivity contribution < 1.29 is 4.74 Å². The molecule has 0 amide bonds. The highest BCUT2D eigenvalue weighted by Gasteiger charge is 2.08. The molecule has 0 atom stereocenters. The number of nitrogens with zero attached hydrogens (tertiary/aromatic N) is 1. The second kappa shape index (κ2) is 4.45. The maximum absolute atomic E-state index is 11.6. The Morgan fingerprint density at radius 3 is 2.68 bits per heavy atom. The van der Waals surface area contributed by atoms with Crippen molar-refractivity contribution >= 4 is 16.5 Å². The molecule has 3 N–H and O–H groups in total. The standard InChI is InChI=1S/C14H11N3O2/c15-11-5-6-12(10-4-2-1-3-9(10)11)19-14-13(18)16-7-8-17-14/h1-8H,15H2,(H,16,18). The molecule has 0 aliphatic carbocycles. The minimum Gasteiger partial charge on any atom is -0.434 e. The van der Waals surface area contributed by atoms with E-state index in [1.54, 1.807) is 12.1 Å². The number of benzene rings is 2. The lowest BCUT2D eigenvalue weighted by Crippen LogP contribution is -2.09. The summed E-state index contributed by atoms with van der Waals surface area (Å²) in [6.45, 7) is 0. The van der Waals surface area contributed by atoms with Crippen molar-refractivity contribution in [3.8, 4) is 11.6 Å². The van der Waals surface area contributed by atoms with Crippen LogP contribution in [0.15, 0.2) is 53.6 Å².